The molecule has 144 valence electrons. The Bertz CT molecular complexity index is 900. The molecule has 2 heterocycles. The van der Waals surface area contributed by atoms with E-state index in [1.165, 1.54) is 17.8 Å². The number of carbonyl (C=O) groups excluding carboxylic acids is 1. The van der Waals surface area contributed by atoms with E-state index < -0.39 is 20.5 Å². The van der Waals surface area contributed by atoms with Crippen molar-refractivity contribution in [3.8, 4) is 11.3 Å². The molecule has 0 saturated carbocycles. The number of nitrogens with zero attached hydrogens (tertiary/aromatic N) is 1. The average molecular weight is 388 g/mol. The van der Waals surface area contributed by atoms with Crippen LogP contribution in [-0.2, 0) is 25.8 Å². The van der Waals surface area contributed by atoms with Gasteiger partial charge in [0.05, 0.1) is 10.6 Å². The molecule has 1 aromatic carbocycles. The molecule has 1 saturated heterocycles. The van der Waals surface area contributed by atoms with Crippen molar-refractivity contribution >= 4 is 15.7 Å². The Labute approximate surface area is 159 Å². The second-order valence-corrected chi connectivity index (χ2v) is 9.06. The molecular formula is C20H24N2O4S. The molecule has 0 radical (unpaired) electrons. The Kier molecular flexibility index (Phi) is 5.62. The number of pyridine rings is 1. The largest absolute Gasteiger partial charge is 0.381 e. The highest BCUT2D eigenvalue weighted by Gasteiger charge is 2.51. The van der Waals surface area contributed by atoms with Crippen LogP contribution in [0, 0.1) is 0 Å². The van der Waals surface area contributed by atoms with Crippen LogP contribution in [0.4, 0.5) is 0 Å². The zero-order valence-electron chi connectivity index (χ0n) is 15.3. The molecule has 0 aliphatic carbocycles. The minimum Gasteiger partial charge on any atom is -0.381 e. The van der Waals surface area contributed by atoms with E-state index in [2.05, 4.69) is 24.0 Å². The van der Waals surface area contributed by atoms with Crippen molar-refractivity contribution in [3.63, 3.8) is 0 Å². The molecule has 7 heteroatoms. The summed E-state index contributed by atoms with van der Waals surface area (Å²) in [7, 11) is -3.95. The van der Waals surface area contributed by atoms with Crippen LogP contribution >= 0.6 is 0 Å². The molecule has 2 aromatic rings. The minimum absolute atomic E-state index is 0.00885. The summed E-state index contributed by atoms with van der Waals surface area (Å²) in [4.78, 5) is 16.4. The number of primary amides is 1. The van der Waals surface area contributed by atoms with E-state index in [-0.39, 0.29) is 31.0 Å². The summed E-state index contributed by atoms with van der Waals surface area (Å²) in [5.41, 5.74) is 8.33. The fraction of sp³-hybridized carbons (Fsp3) is 0.400. The summed E-state index contributed by atoms with van der Waals surface area (Å²) in [6.45, 7) is 2.52. The van der Waals surface area contributed by atoms with Gasteiger partial charge in [0.2, 0.25) is 5.91 Å². The number of nitrogens with two attached hydrogens (primary N) is 1. The van der Waals surface area contributed by atoms with Crippen molar-refractivity contribution in [1.29, 1.82) is 0 Å². The van der Waals surface area contributed by atoms with Crippen LogP contribution in [0.25, 0.3) is 11.3 Å². The van der Waals surface area contributed by atoms with Crippen molar-refractivity contribution in [2.45, 2.75) is 42.2 Å². The normalized spacial score (nSPS) is 16.8. The van der Waals surface area contributed by atoms with Crippen LogP contribution in [0.15, 0.2) is 47.5 Å². The molecule has 6 nitrogen and oxygen atoms in total. The lowest BCUT2D eigenvalue weighted by atomic mass is 9.98. The van der Waals surface area contributed by atoms with Gasteiger partial charge in [0.1, 0.15) is 0 Å². The summed E-state index contributed by atoms with van der Waals surface area (Å²) in [5, 5.41) is 0. The Morgan fingerprint density at radius 1 is 1.15 bits per heavy atom. The van der Waals surface area contributed by atoms with Gasteiger partial charge in [-0.05, 0) is 37.0 Å². The highest BCUT2D eigenvalue weighted by molar-refractivity contribution is 7.93. The first-order chi connectivity index (χ1) is 12.9. The summed E-state index contributed by atoms with van der Waals surface area (Å²) in [6.07, 6.45) is 3.53. The van der Waals surface area contributed by atoms with Crippen molar-refractivity contribution in [2.75, 3.05) is 13.2 Å². The summed E-state index contributed by atoms with van der Waals surface area (Å²) >= 11 is 0. The Morgan fingerprint density at radius 2 is 1.81 bits per heavy atom. The van der Waals surface area contributed by atoms with E-state index in [1.807, 2.05) is 12.1 Å². The number of ether oxygens (including phenoxy) is 1. The van der Waals surface area contributed by atoms with Gasteiger partial charge in [-0.15, -0.1) is 0 Å². The van der Waals surface area contributed by atoms with E-state index in [0.29, 0.717) is 5.69 Å². The number of benzene rings is 1. The van der Waals surface area contributed by atoms with Gasteiger partial charge in [-0.3, -0.25) is 9.78 Å². The molecule has 0 bridgehead atoms. The van der Waals surface area contributed by atoms with E-state index in [0.717, 1.165) is 18.4 Å². The number of aromatic nitrogens is 1. The van der Waals surface area contributed by atoms with Gasteiger partial charge in [0.15, 0.2) is 14.6 Å². The van der Waals surface area contributed by atoms with Gasteiger partial charge in [0, 0.05) is 25.0 Å². The lowest BCUT2D eigenvalue weighted by Gasteiger charge is -2.33. The maximum absolute atomic E-state index is 13.1. The summed E-state index contributed by atoms with van der Waals surface area (Å²) in [5.74, 6) is -0.832. The lowest BCUT2D eigenvalue weighted by molar-refractivity contribution is -0.122. The number of rotatable bonds is 6. The second-order valence-electron chi connectivity index (χ2n) is 6.80. The smallest absolute Gasteiger partial charge is 0.239 e. The molecule has 0 spiro atoms. The van der Waals surface area contributed by atoms with Gasteiger partial charge in [-0.2, -0.15) is 0 Å². The van der Waals surface area contributed by atoms with E-state index in [1.54, 1.807) is 6.07 Å². The molecular weight excluding hydrogens is 364 g/mol. The molecule has 0 atom stereocenters. The third-order valence-corrected chi connectivity index (χ3v) is 7.60. The average Bonchev–Trinajstić information content (AvgIpc) is 2.69. The lowest BCUT2D eigenvalue weighted by Crippen LogP contribution is -2.53. The zero-order chi connectivity index (χ0) is 19.5. The van der Waals surface area contributed by atoms with Crippen molar-refractivity contribution in [1.82, 2.24) is 4.98 Å². The molecule has 27 heavy (non-hydrogen) atoms. The zero-order valence-corrected chi connectivity index (χ0v) is 16.2. The quantitative estimate of drug-likeness (QED) is 0.820. The molecule has 1 aliphatic rings. The first-order valence-electron chi connectivity index (χ1n) is 9.08. The first-order valence-corrected chi connectivity index (χ1v) is 10.6. The van der Waals surface area contributed by atoms with Crippen LogP contribution in [0.5, 0.6) is 0 Å². The van der Waals surface area contributed by atoms with Gasteiger partial charge in [-0.1, -0.05) is 37.6 Å². The SMILES string of the molecule is CCCc1ccc(-c2ccc(S(=O)(=O)C3(C(N)=O)CCOCC3)cn2)cc1. The van der Waals surface area contributed by atoms with E-state index >= 15 is 0 Å². The van der Waals surface area contributed by atoms with E-state index in [4.69, 9.17) is 10.5 Å². The maximum Gasteiger partial charge on any atom is 0.239 e. The van der Waals surface area contributed by atoms with Crippen LogP contribution < -0.4 is 5.73 Å². The van der Waals surface area contributed by atoms with Crippen molar-refractivity contribution < 1.29 is 17.9 Å². The van der Waals surface area contributed by atoms with Crippen molar-refractivity contribution in [3.05, 3.63) is 48.2 Å². The molecule has 1 aliphatic heterocycles. The molecule has 1 amide bonds. The molecule has 2 N–H and O–H groups in total. The molecule has 0 unspecified atom stereocenters. The number of amides is 1. The van der Waals surface area contributed by atoms with Crippen LogP contribution in [-0.4, -0.2) is 37.3 Å². The summed E-state index contributed by atoms with van der Waals surface area (Å²) < 4.78 is 29.8. The topological polar surface area (TPSA) is 99.3 Å². The van der Waals surface area contributed by atoms with Gasteiger partial charge in [-0.25, -0.2) is 8.42 Å². The van der Waals surface area contributed by atoms with Crippen LogP contribution in [0.3, 0.4) is 0 Å². The number of aryl methyl sites for hydroxylation is 1. The predicted molar refractivity (Wildman–Crippen MR) is 103 cm³/mol. The fourth-order valence-corrected chi connectivity index (χ4v) is 5.27. The fourth-order valence-electron chi connectivity index (χ4n) is 3.42. The highest BCUT2D eigenvalue weighted by atomic mass is 32.2. The number of carbonyl (C=O) groups is 1. The predicted octanol–water partition coefficient (Wildman–Crippen LogP) is 2.51. The van der Waals surface area contributed by atoms with Gasteiger partial charge in [0.25, 0.3) is 0 Å². The Hall–Kier alpha value is -2.25. The van der Waals surface area contributed by atoms with Crippen molar-refractivity contribution in [2.24, 2.45) is 5.73 Å². The Morgan fingerprint density at radius 3 is 2.33 bits per heavy atom. The molecule has 1 fully saturated rings. The summed E-state index contributed by atoms with van der Waals surface area (Å²) in [6, 6.07) is 11.2. The number of hydrogen-bond donors (Lipinski definition) is 1. The number of sulfone groups is 1. The monoisotopic (exact) mass is 388 g/mol. The minimum atomic E-state index is -3.95. The highest BCUT2D eigenvalue weighted by Crippen LogP contribution is 2.35. The van der Waals surface area contributed by atoms with Crippen LogP contribution in [0.2, 0.25) is 0 Å². The standard InChI is InChI=1S/C20H24N2O4S/c1-2-3-15-4-6-16(7-5-15)18-9-8-17(14-22-18)27(24,25)20(19(21)23)10-12-26-13-11-20/h4-9,14H,2-3,10-13H2,1H3,(H2,21,23). The van der Waals surface area contributed by atoms with Gasteiger partial charge >= 0.3 is 0 Å². The molecule has 1 aromatic heterocycles. The maximum atomic E-state index is 13.1. The first kappa shape index (κ1) is 19.5. The third-order valence-electron chi connectivity index (χ3n) is 5.10. The van der Waals surface area contributed by atoms with Crippen LogP contribution in [0.1, 0.15) is 31.7 Å². The third kappa shape index (κ3) is 3.61. The second kappa shape index (κ2) is 7.78. The Balaban J connectivity index is 1.90. The van der Waals surface area contributed by atoms with Gasteiger partial charge < -0.3 is 10.5 Å². The van der Waals surface area contributed by atoms with E-state index in [9.17, 15) is 13.2 Å². The molecule has 3 rings (SSSR count). The number of hydrogen-bond acceptors (Lipinski definition) is 5.